The van der Waals surface area contributed by atoms with Crippen molar-refractivity contribution in [3.05, 3.63) is 0 Å². The third-order valence-electron chi connectivity index (χ3n) is 1.91. The largest absolute Gasteiger partial charge is 0.394 e. The fourth-order valence-corrected chi connectivity index (χ4v) is 1.22. The summed E-state index contributed by atoms with van der Waals surface area (Å²) in [7, 11) is 0. The predicted molar refractivity (Wildman–Crippen MR) is 48.8 cm³/mol. The molecule has 1 unspecified atom stereocenters. The van der Waals surface area contributed by atoms with Gasteiger partial charge in [0.2, 0.25) is 0 Å². The zero-order chi connectivity index (χ0) is 10.1. The molecule has 0 aliphatic carbocycles. The first-order valence-electron chi connectivity index (χ1n) is 4.98. The molecular formula is C9H18O5. The lowest BCUT2D eigenvalue weighted by Crippen LogP contribution is -2.16. The maximum Gasteiger partial charge on any atom is 0.108 e. The van der Waals surface area contributed by atoms with Gasteiger partial charge in [0.1, 0.15) is 13.2 Å². The van der Waals surface area contributed by atoms with E-state index >= 15 is 0 Å². The molecule has 5 heteroatoms. The maximum atomic E-state index is 8.40. The summed E-state index contributed by atoms with van der Waals surface area (Å²) in [5.74, 6) is 0. The molecular weight excluding hydrogens is 188 g/mol. The van der Waals surface area contributed by atoms with Crippen LogP contribution in [-0.4, -0.2) is 50.9 Å². The Hall–Kier alpha value is -0.200. The molecule has 0 aromatic rings. The Labute approximate surface area is 83.8 Å². The Kier molecular flexibility index (Phi) is 6.90. The summed E-state index contributed by atoms with van der Waals surface area (Å²) in [5.41, 5.74) is 0. The highest BCUT2D eigenvalue weighted by molar-refractivity contribution is 4.62. The topological polar surface area (TPSA) is 57.2 Å². The molecule has 0 amide bonds. The number of hydrogen-bond acceptors (Lipinski definition) is 5. The molecule has 1 fully saturated rings. The molecule has 1 rings (SSSR count). The van der Waals surface area contributed by atoms with Gasteiger partial charge in [-0.1, -0.05) is 0 Å². The molecule has 1 aliphatic rings. The molecule has 0 saturated carbocycles. The van der Waals surface area contributed by atoms with Gasteiger partial charge in [-0.25, -0.2) is 9.78 Å². The second-order valence-corrected chi connectivity index (χ2v) is 3.08. The van der Waals surface area contributed by atoms with E-state index in [1.54, 1.807) is 0 Å². The summed E-state index contributed by atoms with van der Waals surface area (Å²) < 4.78 is 10.3. The van der Waals surface area contributed by atoms with Crippen LogP contribution in [0.1, 0.15) is 12.8 Å². The Balaban J connectivity index is 1.75. The van der Waals surface area contributed by atoms with Crippen molar-refractivity contribution in [2.45, 2.75) is 18.9 Å². The second kappa shape index (κ2) is 8.14. The Morgan fingerprint density at radius 2 is 2.14 bits per heavy atom. The molecule has 5 nitrogen and oxygen atoms in total. The fraction of sp³-hybridized carbons (Fsp3) is 1.00. The van der Waals surface area contributed by atoms with Crippen molar-refractivity contribution < 1.29 is 24.4 Å². The predicted octanol–water partition coefficient (Wildman–Crippen LogP) is 0.122. The van der Waals surface area contributed by atoms with Crippen molar-refractivity contribution in [3.63, 3.8) is 0 Å². The molecule has 1 aliphatic heterocycles. The lowest BCUT2D eigenvalue weighted by Gasteiger charge is -2.09. The monoisotopic (exact) mass is 206 g/mol. The van der Waals surface area contributed by atoms with Gasteiger partial charge in [0.05, 0.1) is 25.9 Å². The van der Waals surface area contributed by atoms with Crippen molar-refractivity contribution in [2.75, 3.05) is 39.6 Å². The zero-order valence-corrected chi connectivity index (χ0v) is 8.31. The van der Waals surface area contributed by atoms with E-state index in [1.807, 2.05) is 0 Å². The van der Waals surface area contributed by atoms with Gasteiger partial charge in [0.25, 0.3) is 0 Å². The number of rotatable bonds is 8. The molecule has 0 radical (unpaired) electrons. The molecule has 0 aromatic heterocycles. The van der Waals surface area contributed by atoms with Gasteiger partial charge in [-0.2, -0.15) is 0 Å². The number of hydrogen-bond donors (Lipinski definition) is 1. The summed E-state index contributed by atoms with van der Waals surface area (Å²) in [5, 5.41) is 8.40. The van der Waals surface area contributed by atoms with Crippen LogP contribution in [0.2, 0.25) is 0 Å². The maximum absolute atomic E-state index is 8.40. The van der Waals surface area contributed by atoms with Crippen LogP contribution in [0, 0.1) is 0 Å². The summed E-state index contributed by atoms with van der Waals surface area (Å²) in [4.78, 5) is 9.79. The highest BCUT2D eigenvalue weighted by Crippen LogP contribution is 2.11. The van der Waals surface area contributed by atoms with Crippen LogP contribution >= 0.6 is 0 Å². The summed E-state index contributed by atoms with van der Waals surface area (Å²) in [6.45, 7) is 2.51. The molecule has 1 atom stereocenters. The summed E-state index contributed by atoms with van der Waals surface area (Å²) in [6.07, 6.45) is 2.34. The minimum absolute atomic E-state index is 0.0385. The molecule has 1 saturated heterocycles. The Bertz CT molecular complexity index is 124. The molecule has 1 heterocycles. The zero-order valence-electron chi connectivity index (χ0n) is 8.31. The third-order valence-corrected chi connectivity index (χ3v) is 1.91. The van der Waals surface area contributed by atoms with Crippen molar-refractivity contribution in [3.8, 4) is 0 Å². The molecule has 0 bridgehead atoms. The van der Waals surface area contributed by atoms with E-state index in [0.29, 0.717) is 26.4 Å². The average Bonchev–Trinajstić information content (AvgIpc) is 2.69. The smallest absolute Gasteiger partial charge is 0.108 e. The van der Waals surface area contributed by atoms with E-state index in [1.165, 1.54) is 0 Å². The van der Waals surface area contributed by atoms with E-state index in [2.05, 4.69) is 0 Å². The van der Waals surface area contributed by atoms with Crippen LogP contribution in [0.15, 0.2) is 0 Å². The lowest BCUT2D eigenvalue weighted by molar-refractivity contribution is -0.309. The van der Waals surface area contributed by atoms with Crippen LogP contribution in [0.25, 0.3) is 0 Å². The first kappa shape index (κ1) is 11.9. The fourth-order valence-electron chi connectivity index (χ4n) is 1.22. The van der Waals surface area contributed by atoms with Crippen LogP contribution in [0.5, 0.6) is 0 Å². The minimum atomic E-state index is 0.0385. The Morgan fingerprint density at radius 3 is 2.86 bits per heavy atom. The third kappa shape index (κ3) is 5.51. The van der Waals surface area contributed by atoms with Gasteiger partial charge >= 0.3 is 0 Å². The van der Waals surface area contributed by atoms with Crippen LogP contribution in [-0.2, 0) is 19.2 Å². The SMILES string of the molecule is OCCOCCOOCC1CCCO1. The Morgan fingerprint density at radius 1 is 1.21 bits per heavy atom. The molecule has 84 valence electrons. The summed E-state index contributed by atoms with van der Waals surface area (Å²) in [6, 6.07) is 0. The van der Waals surface area contributed by atoms with Gasteiger partial charge in [0, 0.05) is 6.61 Å². The highest BCUT2D eigenvalue weighted by atomic mass is 17.2. The van der Waals surface area contributed by atoms with Crippen molar-refractivity contribution in [2.24, 2.45) is 0 Å². The van der Waals surface area contributed by atoms with E-state index in [4.69, 9.17) is 24.4 Å². The van der Waals surface area contributed by atoms with E-state index in [-0.39, 0.29) is 12.7 Å². The second-order valence-electron chi connectivity index (χ2n) is 3.08. The van der Waals surface area contributed by atoms with Gasteiger partial charge in [-0.15, -0.1) is 0 Å². The van der Waals surface area contributed by atoms with Gasteiger partial charge in [-0.05, 0) is 12.8 Å². The lowest BCUT2D eigenvalue weighted by atomic mass is 10.2. The van der Waals surface area contributed by atoms with Crippen LogP contribution in [0.4, 0.5) is 0 Å². The minimum Gasteiger partial charge on any atom is -0.394 e. The highest BCUT2D eigenvalue weighted by Gasteiger charge is 2.15. The normalized spacial score (nSPS) is 21.6. The number of aliphatic hydroxyl groups excluding tert-OH is 1. The van der Waals surface area contributed by atoms with Crippen molar-refractivity contribution in [1.82, 2.24) is 0 Å². The number of ether oxygens (including phenoxy) is 2. The molecule has 0 spiro atoms. The van der Waals surface area contributed by atoms with E-state index < -0.39 is 0 Å². The molecule has 0 aromatic carbocycles. The number of aliphatic hydroxyl groups is 1. The van der Waals surface area contributed by atoms with E-state index in [0.717, 1.165) is 19.4 Å². The average molecular weight is 206 g/mol. The first-order valence-corrected chi connectivity index (χ1v) is 4.98. The van der Waals surface area contributed by atoms with Crippen molar-refractivity contribution >= 4 is 0 Å². The van der Waals surface area contributed by atoms with Gasteiger partial charge < -0.3 is 14.6 Å². The van der Waals surface area contributed by atoms with Gasteiger partial charge in [-0.3, -0.25) is 0 Å². The quantitative estimate of drug-likeness (QED) is 0.347. The standard InChI is InChI=1S/C9H18O5/c10-3-5-11-6-7-13-14-8-9-2-1-4-12-9/h9-10H,1-8H2. The van der Waals surface area contributed by atoms with E-state index in [9.17, 15) is 0 Å². The van der Waals surface area contributed by atoms with Gasteiger partial charge in [0.15, 0.2) is 0 Å². The van der Waals surface area contributed by atoms with Crippen LogP contribution < -0.4 is 0 Å². The van der Waals surface area contributed by atoms with Crippen LogP contribution in [0.3, 0.4) is 0 Å². The molecule has 1 N–H and O–H groups in total. The summed E-state index contributed by atoms with van der Waals surface area (Å²) >= 11 is 0. The molecule has 14 heavy (non-hydrogen) atoms. The van der Waals surface area contributed by atoms with Crippen molar-refractivity contribution in [1.29, 1.82) is 0 Å². The first-order chi connectivity index (χ1) is 6.93.